The van der Waals surface area contributed by atoms with E-state index in [0.717, 1.165) is 12.1 Å². The van der Waals surface area contributed by atoms with Crippen molar-refractivity contribution < 1.29 is 13.7 Å². The van der Waals surface area contributed by atoms with E-state index in [9.17, 15) is 18.9 Å². The van der Waals surface area contributed by atoms with E-state index in [2.05, 4.69) is 0 Å². The quantitative estimate of drug-likeness (QED) is 0.632. The van der Waals surface area contributed by atoms with Crippen LogP contribution in [-0.4, -0.2) is 25.1 Å². The predicted molar refractivity (Wildman–Crippen MR) is 60.0 cm³/mol. The number of nitrogens with two attached hydrogens (primary N) is 1. The van der Waals surface area contributed by atoms with Gasteiger partial charge in [0, 0.05) is 19.7 Å². The Hall–Kier alpha value is -1.76. The maximum atomic E-state index is 13.5. The molecule has 0 aliphatic carbocycles. The highest BCUT2D eigenvalue weighted by Crippen LogP contribution is 2.31. The number of nitro groups is 1. The highest BCUT2D eigenvalue weighted by molar-refractivity contribution is 5.63. The monoisotopic (exact) mass is 245 g/mol. The Morgan fingerprint density at radius 3 is 2.65 bits per heavy atom. The Bertz CT molecular complexity index is 426. The van der Waals surface area contributed by atoms with Crippen LogP contribution in [-0.2, 0) is 0 Å². The fourth-order valence-electron chi connectivity index (χ4n) is 1.48. The van der Waals surface area contributed by atoms with Crippen LogP contribution in [0, 0.1) is 21.7 Å². The Labute approximate surface area is 97.0 Å². The zero-order chi connectivity index (χ0) is 13.0. The summed E-state index contributed by atoms with van der Waals surface area (Å²) in [7, 11) is 1.46. The van der Waals surface area contributed by atoms with Gasteiger partial charge in [-0.15, -0.1) is 0 Å². The molecule has 1 aromatic carbocycles. The highest BCUT2D eigenvalue weighted by atomic mass is 19.2. The maximum absolute atomic E-state index is 13.5. The lowest BCUT2D eigenvalue weighted by Gasteiger charge is -2.19. The molecule has 7 heteroatoms. The summed E-state index contributed by atoms with van der Waals surface area (Å²) in [6.45, 7) is 0.687. The lowest BCUT2D eigenvalue weighted by molar-refractivity contribution is -0.384. The lowest BCUT2D eigenvalue weighted by Crippen LogP contribution is -2.23. The molecular formula is C10H13F2N3O2. The van der Waals surface area contributed by atoms with Crippen LogP contribution in [0.4, 0.5) is 20.2 Å². The van der Waals surface area contributed by atoms with Crippen molar-refractivity contribution in [3.8, 4) is 0 Å². The van der Waals surface area contributed by atoms with E-state index in [0.29, 0.717) is 19.5 Å². The number of hydrogen-bond acceptors (Lipinski definition) is 4. The van der Waals surface area contributed by atoms with Crippen molar-refractivity contribution in [2.24, 2.45) is 5.73 Å². The summed E-state index contributed by atoms with van der Waals surface area (Å²) in [6, 6.07) is 1.69. The van der Waals surface area contributed by atoms with Gasteiger partial charge in [0.2, 0.25) is 0 Å². The first-order valence-electron chi connectivity index (χ1n) is 5.02. The molecule has 0 bridgehead atoms. The smallest absolute Gasteiger partial charge is 0.295 e. The van der Waals surface area contributed by atoms with Gasteiger partial charge in [-0.2, -0.15) is 0 Å². The zero-order valence-corrected chi connectivity index (χ0v) is 9.32. The van der Waals surface area contributed by atoms with Crippen molar-refractivity contribution >= 4 is 11.4 Å². The molecule has 2 N–H and O–H groups in total. The van der Waals surface area contributed by atoms with Gasteiger partial charge in [0.15, 0.2) is 17.3 Å². The first kappa shape index (κ1) is 13.3. The molecule has 17 heavy (non-hydrogen) atoms. The summed E-state index contributed by atoms with van der Waals surface area (Å²) in [4.78, 5) is 11.3. The molecular weight excluding hydrogens is 232 g/mol. The predicted octanol–water partition coefficient (Wildman–Crippen LogP) is 1.66. The molecule has 0 spiro atoms. The number of hydrogen-bond donors (Lipinski definition) is 1. The lowest BCUT2D eigenvalue weighted by atomic mass is 10.2. The fourth-order valence-corrected chi connectivity index (χ4v) is 1.48. The number of anilines is 1. The van der Waals surface area contributed by atoms with E-state index >= 15 is 0 Å². The summed E-state index contributed by atoms with van der Waals surface area (Å²) >= 11 is 0. The fraction of sp³-hybridized carbons (Fsp3) is 0.400. The minimum atomic E-state index is -1.21. The van der Waals surface area contributed by atoms with Gasteiger partial charge in [-0.25, -0.2) is 8.78 Å². The van der Waals surface area contributed by atoms with Crippen molar-refractivity contribution in [1.82, 2.24) is 0 Å². The number of nitro benzene ring substituents is 1. The van der Waals surface area contributed by atoms with E-state index in [4.69, 9.17) is 5.73 Å². The molecule has 0 saturated carbocycles. The molecule has 0 amide bonds. The second kappa shape index (κ2) is 5.53. The van der Waals surface area contributed by atoms with Gasteiger partial charge in [-0.3, -0.25) is 10.1 Å². The van der Waals surface area contributed by atoms with Crippen molar-refractivity contribution in [1.29, 1.82) is 0 Å². The van der Waals surface area contributed by atoms with E-state index in [-0.39, 0.29) is 5.69 Å². The number of benzene rings is 1. The second-order valence-corrected chi connectivity index (χ2v) is 3.55. The van der Waals surface area contributed by atoms with Crippen LogP contribution in [0.15, 0.2) is 12.1 Å². The Balaban J connectivity index is 3.18. The molecule has 0 heterocycles. The summed E-state index contributed by atoms with van der Waals surface area (Å²) < 4.78 is 26.6. The van der Waals surface area contributed by atoms with E-state index < -0.39 is 22.2 Å². The average Bonchev–Trinajstić information content (AvgIpc) is 2.28. The van der Waals surface area contributed by atoms with Gasteiger partial charge in [-0.05, 0) is 19.0 Å². The van der Waals surface area contributed by atoms with E-state index in [1.54, 1.807) is 0 Å². The van der Waals surface area contributed by atoms with E-state index in [1.807, 2.05) is 0 Å². The minimum absolute atomic E-state index is 0.317. The van der Waals surface area contributed by atoms with Crippen molar-refractivity contribution in [2.75, 3.05) is 25.0 Å². The number of rotatable bonds is 5. The summed E-state index contributed by atoms with van der Waals surface area (Å²) in [6.07, 6.45) is 0.531. The maximum Gasteiger partial charge on any atom is 0.295 e. The normalized spacial score (nSPS) is 10.4. The minimum Gasteiger partial charge on any atom is -0.367 e. The molecule has 5 nitrogen and oxygen atoms in total. The molecule has 1 rings (SSSR count). The van der Waals surface area contributed by atoms with Gasteiger partial charge >= 0.3 is 0 Å². The summed E-state index contributed by atoms with van der Waals surface area (Å²) in [5, 5.41) is 10.7. The molecule has 0 radical (unpaired) electrons. The van der Waals surface area contributed by atoms with Crippen LogP contribution < -0.4 is 10.6 Å². The van der Waals surface area contributed by atoms with Gasteiger partial charge in [-0.1, -0.05) is 0 Å². The van der Waals surface area contributed by atoms with Crippen molar-refractivity contribution in [3.05, 3.63) is 33.9 Å². The molecule has 1 aromatic rings. The van der Waals surface area contributed by atoms with Gasteiger partial charge < -0.3 is 10.6 Å². The third kappa shape index (κ3) is 2.88. The first-order valence-corrected chi connectivity index (χ1v) is 5.02. The second-order valence-electron chi connectivity index (χ2n) is 3.55. The SMILES string of the molecule is CN(CCCN)c1c([N+](=O)[O-])ccc(F)c1F. The standard InChI is InChI=1S/C10H13F2N3O2/c1-14(6-2-5-13)10-8(15(16)17)4-3-7(11)9(10)12/h3-4H,2,5-6,13H2,1H3. The van der Waals surface area contributed by atoms with Crippen LogP contribution in [0.1, 0.15) is 6.42 Å². The van der Waals surface area contributed by atoms with E-state index in [1.165, 1.54) is 11.9 Å². The largest absolute Gasteiger partial charge is 0.367 e. The summed E-state index contributed by atoms with van der Waals surface area (Å²) in [5.74, 6) is -2.32. The molecule has 0 aromatic heterocycles. The Morgan fingerprint density at radius 1 is 1.47 bits per heavy atom. The summed E-state index contributed by atoms with van der Waals surface area (Å²) in [5.41, 5.74) is 4.49. The topological polar surface area (TPSA) is 72.4 Å². The number of halogens is 2. The van der Waals surface area contributed by atoms with Gasteiger partial charge in [0.25, 0.3) is 5.69 Å². The molecule has 0 fully saturated rings. The van der Waals surface area contributed by atoms with Crippen LogP contribution in [0.3, 0.4) is 0 Å². The Morgan fingerprint density at radius 2 is 2.12 bits per heavy atom. The van der Waals surface area contributed by atoms with Crippen LogP contribution >= 0.6 is 0 Å². The molecule has 0 aliphatic heterocycles. The Kier molecular flexibility index (Phi) is 4.33. The van der Waals surface area contributed by atoms with Crippen LogP contribution in [0.5, 0.6) is 0 Å². The van der Waals surface area contributed by atoms with Crippen molar-refractivity contribution in [3.63, 3.8) is 0 Å². The molecule has 0 saturated heterocycles. The van der Waals surface area contributed by atoms with Gasteiger partial charge in [0.1, 0.15) is 0 Å². The van der Waals surface area contributed by atoms with Crippen LogP contribution in [0.2, 0.25) is 0 Å². The molecule has 0 unspecified atom stereocenters. The third-order valence-electron chi connectivity index (χ3n) is 2.32. The molecule has 94 valence electrons. The number of nitrogens with zero attached hydrogens (tertiary/aromatic N) is 2. The van der Waals surface area contributed by atoms with Gasteiger partial charge in [0.05, 0.1) is 4.92 Å². The molecule has 0 atom stereocenters. The third-order valence-corrected chi connectivity index (χ3v) is 2.32. The van der Waals surface area contributed by atoms with Crippen molar-refractivity contribution in [2.45, 2.75) is 6.42 Å². The molecule has 0 aliphatic rings. The highest BCUT2D eigenvalue weighted by Gasteiger charge is 2.24. The van der Waals surface area contributed by atoms with Crippen LogP contribution in [0.25, 0.3) is 0 Å². The zero-order valence-electron chi connectivity index (χ0n) is 9.32. The average molecular weight is 245 g/mol. The first-order chi connectivity index (χ1) is 7.99.